The van der Waals surface area contributed by atoms with Crippen molar-refractivity contribution >= 4 is 16.9 Å². The van der Waals surface area contributed by atoms with Crippen molar-refractivity contribution in [3.8, 4) is 39.9 Å². The number of methoxy groups -OCH3 is 1. The monoisotopic (exact) mass is 500 g/mol. The van der Waals surface area contributed by atoms with Gasteiger partial charge in [-0.1, -0.05) is 38.1 Å². The number of aromatic amines is 1. The summed E-state index contributed by atoms with van der Waals surface area (Å²) < 4.78 is 17.8. The van der Waals surface area contributed by atoms with Crippen molar-refractivity contribution in [1.29, 1.82) is 0 Å². The number of aromatic hydroxyl groups is 1. The fraction of sp³-hybridized carbons (Fsp3) is 0.250. The number of H-pyrrole nitrogens is 1. The molecule has 2 N–H and O–H groups in total. The molecule has 0 spiro atoms. The molecule has 0 atom stereocenters. The van der Waals surface area contributed by atoms with Gasteiger partial charge in [-0.25, -0.2) is 4.79 Å². The highest BCUT2D eigenvalue weighted by atomic mass is 16.5. The first kappa shape index (κ1) is 24.2. The summed E-state index contributed by atoms with van der Waals surface area (Å²) >= 11 is 0. The average Bonchev–Trinajstić information content (AvgIpc) is 3.60. The van der Waals surface area contributed by atoms with Crippen LogP contribution in [0.2, 0.25) is 0 Å². The highest BCUT2D eigenvalue weighted by Crippen LogP contribution is 2.46. The van der Waals surface area contributed by atoms with Gasteiger partial charge in [0.15, 0.2) is 11.5 Å². The summed E-state index contributed by atoms with van der Waals surface area (Å²) in [4.78, 5) is 12.0. The van der Waals surface area contributed by atoms with E-state index in [4.69, 9.17) is 14.0 Å². The van der Waals surface area contributed by atoms with Crippen LogP contribution in [0.5, 0.6) is 11.6 Å². The van der Waals surface area contributed by atoms with Gasteiger partial charge in [-0.3, -0.25) is 9.67 Å². The van der Waals surface area contributed by atoms with Crippen LogP contribution in [0.25, 0.3) is 39.2 Å². The van der Waals surface area contributed by atoms with Crippen LogP contribution in [0.3, 0.4) is 0 Å². The van der Waals surface area contributed by atoms with E-state index < -0.39 is 5.97 Å². The maximum Gasteiger partial charge on any atom is 0.360 e. The molecule has 5 aromatic rings. The van der Waals surface area contributed by atoms with E-state index in [9.17, 15) is 9.90 Å². The molecule has 0 bridgehead atoms. The highest BCUT2D eigenvalue weighted by molar-refractivity contribution is 6.02. The number of benzene rings is 2. The summed E-state index contributed by atoms with van der Waals surface area (Å²) in [5, 5.41) is 23.6. The standard InChI is InChI=1S/C28H28N4O5/c1-6-36-27(34)19-15-21(37-31-19)16-11-13-17(14-12-16)32-24(18-9-7-8-10-20(18)35-5)22-23(26(32)33)29-30-25(22)28(2,3)4/h7-15,29,33H,6H2,1-5H3. The van der Waals surface area contributed by atoms with Gasteiger partial charge in [-0.2, -0.15) is 5.10 Å². The molecule has 5 rings (SSSR count). The quantitative estimate of drug-likeness (QED) is 0.280. The number of nitrogens with one attached hydrogen (secondary N) is 1. The molecule has 0 saturated heterocycles. The number of nitrogens with zero attached hydrogens (tertiary/aromatic N) is 3. The van der Waals surface area contributed by atoms with Crippen molar-refractivity contribution in [2.24, 2.45) is 0 Å². The van der Waals surface area contributed by atoms with Crippen molar-refractivity contribution in [1.82, 2.24) is 19.9 Å². The van der Waals surface area contributed by atoms with Gasteiger partial charge in [0.05, 0.1) is 30.5 Å². The molecule has 0 aliphatic carbocycles. The predicted molar refractivity (Wildman–Crippen MR) is 139 cm³/mol. The first-order valence-corrected chi connectivity index (χ1v) is 11.9. The van der Waals surface area contributed by atoms with Crippen LogP contribution < -0.4 is 4.74 Å². The Labute approximate surface area is 213 Å². The minimum Gasteiger partial charge on any atom is -0.496 e. The van der Waals surface area contributed by atoms with E-state index in [0.29, 0.717) is 17.0 Å². The maximum atomic E-state index is 12.0. The average molecular weight is 501 g/mol. The van der Waals surface area contributed by atoms with E-state index in [-0.39, 0.29) is 23.6 Å². The summed E-state index contributed by atoms with van der Waals surface area (Å²) in [6.45, 7) is 8.24. The number of ether oxygens (including phenoxy) is 2. The number of rotatable bonds is 6. The second kappa shape index (κ2) is 9.16. The lowest BCUT2D eigenvalue weighted by Crippen LogP contribution is -2.12. The van der Waals surface area contributed by atoms with E-state index in [1.807, 2.05) is 48.5 Å². The number of hydrogen-bond donors (Lipinski definition) is 2. The summed E-state index contributed by atoms with van der Waals surface area (Å²) in [5.41, 5.74) is 4.24. The molecule has 37 heavy (non-hydrogen) atoms. The zero-order valence-corrected chi connectivity index (χ0v) is 21.3. The van der Waals surface area contributed by atoms with Gasteiger partial charge >= 0.3 is 5.97 Å². The van der Waals surface area contributed by atoms with Gasteiger partial charge in [0.1, 0.15) is 11.3 Å². The van der Waals surface area contributed by atoms with Crippen molar-refractivity contribution in [3.63, 3.8) is 0 Å². The molecule has 3 aromatic heterocycles. The van der Waals surface area contributed by atoms with E-state index >= 15 is 0 Å². The van der Waals surface area contributed by atoms with E-state index in [2.05, 4.69) is 36.1 Å². The van der Waals surface area contributed by atoms with E-state index in [1.165, 1.54) is 0 Å². The SMILES string of the molecule is CCOC(=O)c1cc(-c2ccc(-n3c(O)c4[nH]nc(C(C)(C)C)c4c3-c3ccccc3OC)cc2)on1. The molecule has 0 unspecified atom stereocenters. The first-order chi connectivity index (χ1) is 17.7. The largest absolute Gasteiger partial charge is 0.496 e. The third kappa shape index (κ3) is 4.12. The molecule has 0 aliphatic heterocycles. The second-order valence-corrected chi connectivity index (χ2v) is 9.62. The summed E-state index contributed by atoms with van der Waals surface area (Å²) in [7, 11) is 1.62. The highest BCUT2D eigenvalue weighted by Gasteiger charge is 2.30. The number of fused-ring (bicyclic) bond motifs is 1. The lowest BCUT2D eigenvalue weighted by Gasteiger charge is -2.18. The lowest BCUT2D eigenvalue weighted by molar-refractivity contribution is 0.0514. The van der Waals surface area contributed by atoms with Crippen LogP contribution in [0.1, 0.15) is 43.9 Å². The summed E-state index contributed by atoms with van der Waals surface area (Å²) in [6, 6.07) is 16.6. The zero-order chi connectivity index (χ0) is 26.3. The molecule has 3 heterocycles. The Hall–Kier alpha value is -4.53. The number of esters is 1. The Kier molecular flexibility index (Phi) is 5.99. The Morgan fingerprint density at radius 2 is 1.86 bits per heavy atom. The normalized spacial score (nSPS) is 11.7. The smallest absolute Gasteiger partial charge is 0.360 e. The van der Waals surface area contributed by atoms with E-state index in [0.717, 1.165) is 33.6 Å². The Bertz CT molecular complexity index is 1590. The van der Waals surface area contributed by atoms with Crippen molar-refractivity contribution in [2.45, 2.75) is 33.1 Å². The zero-order valence-electron chi connectivity index (χ0n) is 21.3. The van der Waals surface area contributed by atoms with Gasteiger partial charge in [0.2, 0.25) is 5.88 Å². The Morgan fingerprint density at radius 1 is 1.14 bits per heavy atom. The topological polar surface area (TPSA) is 115 Å². The van der Waals surface area contributed by atoms with Gasteiger partial charge < -0.3 is 19.1 Å². The number of hydrogen-bond acceptors (Lipinski definition) is 7. The molecule has 0 aliphatic rings. The fourth-order valence-corrected chi connectivity index (χ4v) is 4.44. The number of carbonyl (C=O) groups excluding carboxylic acids is 1. The molecule has 0 fully saturated rings. The molecule has 9 nitrogen and oxygen atoms in total. The maximum absolute atomic E-state index is 12.0. The molecule has 0 radical (unpaired) electrons. The van der Waals surface area contributed by atoms with Crippen LogP contribution in [0.15, 0.2) is 59.1 Å². The van der Waals surface area contributed by atoms with Crippen LogP contribution in [-0.4, -0.2) is 44.7 Å². The Morgan fingerprint density at radius 3 is 2.54 bits per heavy atom. The van der Waals surface area contributed by atoms with Crippen molar-refractivity contribution in [2.75, 3.05) is 13.7 Å². The third-order valence-corrected chi connectivity index (χ3v) is 6.14. The van der Waals surface area contributed by atoms with Gasteiger partial charge in [-0.15, -0.1) is 0 Å². The first-order valence-electron chi connectivity index (χ1n) is 11.9. The van der Waals surface area contributed by atoms with Crippen LogP contribution in [0, 0.1) is 0 Å². The van der Waals surface area contributed by atoms with Gasteiger partial charge in [0, 0.05) is 28.3 Å². The van der Waals surface area contributed by atoms with Crippen LogP contribution in [-0.2, 0) is 10.2 Å². The number of aromatic nitrogens is 4. The van der Waals surface area contributed by atoms with Crippen molar-refractivity contribution < 1.29 is 23.9 Å². The minimum absolute atomic E-state index is 0.0379. The van der Waals surface area contributed by atoms with E-state index in [1.54, 1.807) is 24.7 Å². The predicted octanol–water partition coefficient (Wildman–Crippen LogP) is 5.86. The molecule has 0 saturated carbocycles. The molecule has 190 valence electrons. The third-order valence-electron chi connectivity index (χ3n) is 6.14. The van der Waals surface area contributed by atoms with Crippen LogP contribution in [0.4, 0.5) is 0 Å². The van der Waals surface area contributed by atoms with Gasteiger partial charge in [0.25, 0.3) is 0 Å². The number of carbonyl (C=O) groups is 1. The fourth-order valence-electron chi connectivity index (χ4n) is 4.44. The summed E-state index contributed by atoms with van der Waals surface area (Å²) in [5.74, 6) is 0.610. The van der Waals surface area contributed by atoms with Gasteiger partial charge in [-0.05, 0) is 43.3 Å². The summed E-state index contributed by atoms with van der Waals surface area (Å²) in [6.07, 6.45) is 0. The molecule has 9 heteroatoms. The number of para-hydroxylation sites is 1. The lowest BCUT2D eigenvalue weighted by atomic mass is 9.89. The second-order valence-electron chi connectivity index (χ2n) is 9.62. The Balaban J connectivity index is 1.67. The van der Waals surface area contributed by atoms with Crippen molar-refractivity contribution in [3.05, 3.63) is 66.0 Å². The van der Waals surface area contributed by atoms with Crippen LogP contribution >= 0.6 is 0 Å². The molecular formula is C28H28N4O5. The minimum atomic E-state index is -0.536. The molecule has 2 aromatic carbocycles. The molecule has 0 amide bonds. The molecular weight excluding hydrogens is 472 g/mol.